The molecule has 0 aliphatic carbocycles. The fraction of sp³-hybridized carbons (Fsp3) is 0.500. The number of ether oxygens (including phenoxy) is 2. The summed E-state index contributed by atoms with van der Waals surface area (Å²) in [6.45, 7) is -1.36. The highest BCUT2D eigenvalue weighted by Crippen LogP contribution is 2.53. The zero-order chi connectivity index (χ0) is 30.1. The van der Waals surface area contributed by atoms with Crippen LogP contribution in [0, 0.1) is 0 Å². The smallest absolute Gasteiger partial charge is 0.386 e. The molecule has 0 saturated carbocycles. The van der Waals surface area contributed by atoms with Crippen LogP contribution in [0.15, 0.2) is 30.1 Å². The van der Waals surface area contributed by atoms with E-state index in [1.165, 1.54) is 34.4 Å². The highest BCUT2D eigenvalue weighted by atomic mass is 31.2. The van der Waals surface area contributed by atoms with Gasteiger partial charge in [-0.3, -0.25) is 32.0 Å². The predicted octanol–water partition coefficient (Wildman–Crippen LogP) is -0.894. The standard InChI is InChI=1S/C20H23N9O12P2/c21-16-12-17(23-4-22-16)29(7-26-12)20-14(30)15-10(39-20)3-37-42(32,33)40-8-1-11(38-9(8)2-36-43(34,35)41-15)28-6-27-13-18(28)24-5-25-19(13)31/h4-11,14-15,20,30H,1-3H2,(H,32,33)(H,34,35)(H2,21,22,23)(H,24,25,31)/t8-,9?,10?,11?,14+,15+,20?/m0/s1. The Morgan fingerprint density at radius 2 is 1.58 bits per heavy atom. The Morgan fingerprint density at radius 3 is 2.40 bits per heavy atom. The number of nitrogens with one attached hydrogen (secondary N) is 1. The number of hydrogen-bond donors (Lipinski definition) is 5. The normalized spacial score (nSPS) is 37.1. The third-order valence-electron chi connectivity index (χ3n) is 7.15. The summed E-state index contributed by atoms with van der Waals surface area (Å²) in [5, 5.41) is 11.1. The van der Waals surface area contributed by atoms with Crippen molar-refractivity contribution in [1.29, 1.82) is 0 Å². The molecule has 3 aliphatic rings. The van der Waals surface area contributed by atoms with E-state index >= 15 is 0 Å². The van der Waals surface area contributed by atoms with Crippen molar-refractivity contribution in [3.05, 3.63) is 35.7 Å². The highest BCUT2D eigenvalue weighted by Gasteiger charge is 2.52. The number of aliphatic hydroxyl groups is 1. The number of anilines is 1. The molecule has 0 aromatic carbocycles. The van der Waals surface area contributed by atoms with E-state index in [9.17, 15) is 28.8 Å². The fourth-order valence-electron chi connectivity index (χ4n) is 5.20. The fourth-order valence-corrected chi connectivity index (χ4v) is 7.12. The summed E-state index contributed by atoms with van der Waals surface area (Å²) in [7, 11) is -9.75. The number of nitrogens with zero attached hydrogens (tertiary/aromatic N) is 7. The third kappa shape index (κ3) is 5.17. The van der Waals surface area contributed by atoms with Gasteiger partial charge in [-0.15, -0.1) is 0 Å². The van der Waals surface area contributed by atoms with Gasteiger partial charge in [0, 0.05) is 6.42 Å². The van der Waals surface area contributed by atoms with Crippen molar-refractivity contribution >= 4 is 43.8 Å². The molecule has 23 heteroatoms. The molecular weight excluding hydrogens is 620 g/mol. The maximum atomic E-state index is 13.0. The molecule has 0 radical (unpaired) electrons. The molecule has 4 aromatic rings. The average Bonchev–Trinajstić information content (AvgIpc) is 3.72. The van der Waals surface area contributed by atoms with E-state index in [4.69, 9.17) is 33.3 Å². The van der Waals surface area contributed by atoms with Gasteiger partial charge in [-0.1, -0.05) is 0 Å². The maximum Gasteiger partial charge on any atom is 0.472 e. The molecule has 0 spiro atoms. The van der Waals surface area contributed by atoms with Gasteiger partial charge in [0.1, 0.15) is 48.6 Å². The first-order chi connectivity index (χ1) is 20.5. The van der Waals surface area contributed by atoms with Gasteiger partial charge in [-0.05, 0) is 0 Å². The minimum Gasteiger partial charge on any atom is -0.386 e. The molecule has 3 fully saturated rings. The first kappa shape index (κ1) is 28.6. The summed E-state index contributed by atoms with van der Waals surface area (Å²) < 4.78 is 61.6. The van der Waals surface area contributed by atoms with Crippen molar-refractivity contribution < 1.29 is 51.6 Å². The Kier molecular flexibility index (Phi) is 6.95. The first-order valence-electron chi connectivity index (χ1n) is 12.6. The summed E-state index contributed by atoms with van der Waals surface area (Å²) in [5.74, 6) is 0.0649. The second-order valence-corrected chi connectivity index (χ2v) is 12.6. The second-order valence-electron chi connectivity index (χ2n) is 9.80. The Morgan fingerprint density at radius 1 is 0.884 bits per heavy atom. The molecule has 3 saturated heterocycles. The zero-order valence-corrected chi connectivity index (χ0v) is 23.4. The lowest BCUT2D eigenvalue weighted by atomic mass is 10.1. The summed E-state index contributed by atoms with van der Waals surface area (Å²) >= 11 is 0. The van der Waals surface area contributed by atoms with E-state index in [0.29, 0.717) is 0 Å². The van der Waals surface area contributed by atoms with Crippen LogP contribution in [0.25, 0.3) is 22.3 Å². The molecule has 7 heterocycles. The topological polar surface area (TPSA) is 283 Å². The number of aromatic amines is 1. The molecule has 3 aliphatic heterocycles. The van der Waals surface area contributed by atoms with E-state index in [1.807, 2.05) is 0 Å². The molecule has 21 nitrogen and oxygen atoms in total. The Bertz CT molecular complexity index is 1850. The SMILES string of the molecule is Nc1ncnc2c1ncn2C1OC2COP(=O)(O)O[C@H]3CC(n4cnc5c(=O)[nH]cnc54)OC3COP(=O)(O)O[C@H]2[C@H]1O. The number of phosphoric ester groups is 2. The number of aromatic nitrogens is 8. The van der Waals surface area contributed by atoms with Crippen LogP contribution in [0.5, 0.6) is 0 Å². The van der Waals surface area contributed by atoms with Gasteiger partial charge in [-0.25, -0.2) is 34.0 Å². The van der Waals surface area contributed by atoms with Crippen LogP contribution < -0.4 is 11.3 Å². The Balaban J connectivity index is 1.15. The Labute approximate surface area is 238 Å². The van der Waals surface area contributed by atoms with Gasteiger partial charge in [0.25, 0.3) is 5.56 Å². The first-order valence-corrected chi connectivity index (χ1v) is 15.6. The number of fused-ring (bicyclic) bond motifs is 4. The number of aliphatic hydroxyl groups excluding tert-OH is 1. The number of hydrogen-bond acceptors (Lipinski definition) is 16. The maximum absolute atomic E-state index is 13.0. The Hall–Kier alpha value is -3.20. The van der Waals surface area contributed by atoms with Crippen molar-refractivity contribution in [1.82, 2.24) is 39.0 Å². The van der Waals surface area contributed by atoms with Gasteiger partial charge in [0.15, 0.2) is 28.9 Å². The van der Waals surface area contributed by atoms with Crippen molar-refractivity contribution in [3.63, 3.8) is 0 Å². The second kappa shape index (κ2) is 10.5. The molecule has 43 heavy (non-hydrogen) atoms. The molecule has 6 unspecified atom stereocenters. The lowest BCUT2D eigenvalue weighted by Gasteiger charge is -2.27. The molecule has 6 N–H and O–H groups in total. The number of nitrogen functional groups attached to an aromatic ring is 1. The molecule has 7 rings (SSSR count). The lowest BCUT2D eigenvalue weighted by Crippen LogP contribution is -2.37. The lowest BCUT2D eigenvalue weighted by molar-refractivity contribution is -0.0662. The predicted molar refractivity (Wildman–Crippen MR) is 138 cm³/mol. The van der Waals surface area contributed by atoms with E-state index in [2.05, 4.69) is 29.9 Å². The molecule has 4 aromatic heterocycles. The monoisotopic (exact) mass is 643 g/mol. The van der Waals surface area contributed by atoms with Gasteiger partial charge in [0.2, 0.25) is 0 Å². The summed E-state index contributed by atoms with van der Waals surface area (Å²) in [5.41, 5.74) is 5.93. The van der Waals surface area contributed by atoms with Crippen LogP contribution in [0.4, 0.5) is 5.82 Å². The van der Waals surface area contributed by atoms with Crippen LogP contribution in [0.3, 0.4) is 0 Å². The number of rotatable bonds is 2. The van der Waals surface area contributed by atoms with Crippen molar-refractivity contribution in [2.45, 2.75) is 49.4 Å². The highest BCUT2D eigenvalue weighted by molar-refractivity contribution is 7.47. The zero-order valence-electron chi connectivity index (χ0n) is 21.6. The van der Waals surface area contributed by atoms with Crippen LogP contribution in [0.2, 0.25) is 0 Å². The summed E-state index contributed by atoms with van der Waals surface area (Å²) in [6, 6.07) is 0. The molecule has 9 atom stereocenters. The van der Waals surface area contributed by atoms with E-state index in [0.717, 1.165) is 0 Å². The minimum atomic E-state index is -4.92. The largest absolute Gasteiger partial charge is 0.472 e. The number of imidazole rings is 2. The van der Waals surface area contributed by atoms with Gasteiger partial charge >= 0.3 is 15.6 Å². The van der Waals surface area contributed by atoms with Crippen molar-refractivity contribution in [2.75, 3.05) is 18.9 Å². The number of H-pyrrole nitrogens is 1. The number of nitrogens with two attached hydrogens (primary N) is 1. The van der Waals surface area contributed by atoms with E-state index in [-0.39, 0.29) is 34.6 Å². The minimum absolute atomic E-state index is 0.0293. The quantitative estimate of drug-likeness (QED) is 0.165. The third-order valence-corrected chi connectivity index (χ3v) is 9.15. The van der Waals surface area contributed by atoms with Crippen LogP contribution >= 0.6 is 15.6 Å². The summed E-state index contributed by atoms with van der Waals surface area (Å²) in [4.78, 5) is 55.8. The molecule has 0 bridgehead atoms. The average molecular weight is 643 g/mol. The van der Waals surface area contributed by atoms with Crippen LogP contribution in [0.1, 0.15) is 18.9 Å². The van der Waals surface area contributed by atoms with Crippen molar-refractivity contribution in [3.8, 4) is 0 Å². The van der Waals surface area contributed by atoms with Gasteiger partial charge < -0.3 is 35.1 Å². The van der Waals surface area contributed by atoms with Crippen molar-refractivity contribution in [2.24, 2.45) is 0 Å². The van der Waals surface area contributed by atoms with Crippen LogP contribution in [-0.2, 0) is 36.7 Å². The van der Waals surface area contributed by atoms with Gasteiger partial charge in [0.05, 0.1) is 32.2 Å². The molecule has 0 amide bonds. The number of phosphoric acid groups is 2. The van der Waals surface area contributed by atoms with Crippen LogP contribution in [-0.4, -0.2) is 97.7 Å². The summed E-state index contributed by atoms with van der Waals surface area (Å²) in [6.07, 6.45) is -4.38. The van der Waals surface area contributed by atoms with E-state index < -0.39 is 77.4 Å². The van der Waals surface area contributed by atoms with Gasteiger partial charge in [-0.2, -0.15) is 0 Å². The van der Waals surface area contributed by atoms with E-state index in [1.54, 1.807) is 0 Å². The molecular formula is C20H23N9O12P2. The molecule has 230 valence electrons.